The van der Waals surface area contributed by atoms with Gasteiger partial charge in [-0.05, 0) is 60.5 Å². The molecule has 0 bridgehead atoms. The number of aromatic nitrogens is 4. The number of ether oxygens (including phenoxy) is 1. The summed E-state index contributed by atoms with van der Waals surface area (Å²) in [5, 5.41) is 15.8. The molecule has 2 aromatic carbocycles. The highest BCUT2D eigenvalue weighted by Gasteiger charge is 2.28. The summed E-state index contributed by atoms with van der Waals surface area (Å²) < 4.78 is 12.9. The number of nitrogens with zero attached hydrogens (tertiary/aromatic N) is 4. The van der Waals surface area contributed by atoms with Gasteiger partial charge in [-0.1, -0.05) is 12.1 Å². The summed E-state index contributed by atoms with van der Waals surface area (Å²) in [5.41, 5.74) is 2.91. The fourth-order valence-corrected chi connectivity index (χ4v) is 3.42. The van der Waals surface area contributed by atoms with E-state index in [1.54, 1.807) is 19.2 Å². The Morgan fingerprint density at radius 3 is 2.90 bits per heavy atom. The van der Waals surface area contributed by atoms with Crippen molar-refractivity contribution in [3.05, 3.63) is 53.8 Å². The predicted octanol–water partition coefficient (Wildman–Crippen LogP) is 3.99. The van der Waals surface area contributed by atoms with Crippen LogP contribution in [0.25, 0.3) is 22.4 Å². The van der Waals surface area contributed by atoms with Gasteiger partial charge in [-0.15, -0.1) is 5.10 Å². The van der Waals surface area contributed by atoms with Gasteiger partial charge in [-0.25, -0.2) is 4.68 Å². The van der Waals surface area contributed by atoms with Crippen molar-refractivity contribution >= 4 is 22.6 Å². The van der Waals surface area contributed by atoms with Crippen LogP contribution in [0, 0.1) is 6.92 Å². The number of furan rings is 1. The van der Waals surface area contributed by atoms with E-state index in [1.165, 1.54) is 0 Å². The van der Waals surface area contributed by atoms with Gasteiger partial charge >= 0.3 is 0 Å². The first kappa shape index (κ1) is 17.4. The topological polar surface area (TPSA) is 95.1 Å². The predicted molar refractivity (Wildman–Crippen MR) is 107 cm³/mol. The highest BCUT2D eigenvalue weighted by atomic mass is 16.5. The molecule has 0 radical (unpaired) electrons. The number of hydrogen-bond acceptors (Lipinski definition) is 6. The Morgan fingerprint density at radius 1 is 1.24 bits per heavy atom. The van der Waals surface area contributed by atoms with Crippen molar-refractivity contribution in [1.29, 1.82) is 0 Å². The molecule has 0 aliphatic heterocycles. The highest BCUT2D eigenvalue weighted by Crippen LogP contribution is 2.37. The standard InChI is InChI=1S/C21H19N5O3/c1-12-17-11-16(28-2)8-9-18(17)29-19(12)21(27)22-14-5-3-4-13(10-14)20-23-24-25-26(20)15-6-7-15/h3-5,8-11,15H,6-7H2,1-2H3,(H,22,27). The number of amides is 1. The van der Waals surface area contributed by atoms with E-state index in [1.807, 2.05) is 41.9 Å². The van der Waals surface area contributed by atoms with E-state index in [2.05, 4.69) is 20.8 Å². The maximum absolute atomic E-state index is 12.9. The zero-order chi connectivity index (χ0) is 20.0. The lowest BCUT2D eigenvalue weighted by atomic mass is 10.1. The molecule has 29 heavy (non-hydrogen) atoms. The molecule has 1 aliphatic rings. The van der Waals surface area contributed by atoms with Gasteiger partial charge in [0.15, 0.2) is 11.6 Å². The Bertz CT molecular complexity index is 1220. The molecule has 4 aromatic rings. The van der Waals surface area contributed by atoms with Crippen LogP contribution < -0.4 is 10.1 Å². The lowest BCUT2D eigenvalue weighted by Gasteiger charge is -2.07. The molecule has 0 atom stereocenters. The first-order chi connectivity index (χ1) is 14.1. The molecule has 8 nitrogen and oxygen atoms in total. The van der Waals surface area contributed by atoms with Crippen LogP contribution in [0.5, 0.6) is 5.75 Å². The third kappa shape index (κ3) is 3.12. The summed E-state index contributed by atoms with van der Waals surface area (Å²) in [5.74, 6) is 1.39. The van der Waals surface area contributed by atoms with Crippen molar-refractivity contribution in [1.82, 2.24) is 20.2 Å². The van der Waals surface area contributed by atoms with Gasteiger partial charge < -0.3 is 14.5 Å². The smallest absolute Gasteiger partial charge is 0.291 e. The fraction of sp³-hybridized carbons (Fsp3) is 0.238. The third-order valence-electron chi connectivity index (χ3n) is 5.11. The maximum atomic E-state index is 12.9. The Balaban J connectivity index is 1.43. The fourth-order valence-electron chi connectivity index (χ4n) is 3.42. The van der Waals surface area contributed by atoms with Gasteiger partial charge in [-0.3, -0.25) is 4.79 Å². The number of benzene rings is 2. The molecular weight excluding hydrogens is 370 g/mol. The maximum Gasteiger partial charge on any atom is 0.291 e. The van der Waals surface area contributed by atoms with E-state index in [0.29, 0.717) is 23.1 Å². The minimum absolute atomic E-state index is 0.279. The van der Waals surface area contributed by atoms with Crippen LogP contribution in [-0.2, 0) is 0 Å². The van der Waals surface area contributed by atoms with Crippen LogP contribution >= 0.6 is 0 Å². The largest absolute Gasteiger partial charge is 0.497 e. The Morgan fingerprint density at radius 2 is 2.10 bits per heavy atom. The van der Waals surface area contributed by atoms with E-state index in [0.717, 1.165) is 35.1 Å². The molecule has 0 unspecified atom stereocenters. The van der Waals surface area contributed by atoms with Gasteiger partial charge in [0, 0.05) is 22.2 Å². The van der Waals surface area contributed by atoms with Crippen LogP contribution in [0.1, 0.15) is 35.0 Å². The van der Waals surface area contributed by atoms with Crippen LogP contribution in [0.2, 0.25) is 0 Å². The number of methoxy groups -OCH3 is 1. The summed E-state index contributed by atoms with van der Waals surface area (Å²) in [6.07, 6.45) is 2.18. The summed E-state index contributed by atoms with van der Waals surface area (Å²) in [4.78, 5) is 12.9. The number of rotatable bonds is 5. The van der Waals surface area contributed by atoms with Gasteiger partial charge in [-0.2, -0.15) is 0 Å². The molecule has 0 spiro atoms. The van der Waals surface area contributed by atoms with Crippen LogP contribution in [0.4, 0.5) is 5.69 Å². The number of nitrogens with one attached hydrogen (secondary N) is 1. The molecular formula is C21H19N5O3. The second-order valence-corrected chi connectivity index (χ2v) is 7.13. The van der Waals surface area contributed by atoms with E-state index < -0.39 is 0 Å². The Kier molecular flexibility index (Phi) is 4.04. The van der Waals surface area contributed by atoms with Crippen LogP contribution in [0.15, 0.2) is 46.9 Å². The van der Waals surface area contributed by atoms with E-state index >= 15 is 0 Å². The number of hydrogen-bond donors (Lipinski definition) is 1. The van der Waals surface area contributed by atoms with Crippen molar-refractivity contribution in [2.45, 2.75) is 25.8 Å². The van der Waals surface area contributed by atoms with Crippen LogP contribution in [0.3, 0.4) is 0 Å². The molecule has 146 valence electrons. The third-order valence-corrected chi connectivity index (χ3v) is 5.11. The molecule has 0 saturated heterocycles. The molecule has 8 heteroatoms. The molecule has 1 fully saturated rings. The van der Waals surface area contributed by atoms with Gasteiger partial charge in [0.05, 0.1) is 13.2 Å². The summed E-state index contributed by atoms with van der Waals surface area (Å²) in [6, 6.07) is 13.3. The molecule has 1 amide bonds. The Hall–Kier alpha value is -3.68. The first-order valence-corrected chi connectivity index (χ1v) is 9.41. The van der Waals surface area contributed by atoms with E-state index in [9.17, 15) is 4.79 Å². The summed E-state index contributed by atoms with van der Waals surface area (Å²) >= 11 is 0. The second-order valence-electron chi connectivity index (χ2n) is 7.13. The monoisotopic (exact) mass is 389 g/mol. The van der Waals surface area contributed by atoms with Crippen molar-refractivity contribution in [2.24, 2.45) is 0 Å². The molecule has 5 rings (SSSR count). The SMILES string of the molecule is COc1ccc2oc(C(=O)Nc3cccc(-c4nnnn4C4CC4)c3)c(C)c2c1. The quantitative estimate of drug-likeness (QED) is 0.554. The van der Waals surface area contributed by atoms with Crippen molar-refractivity contribution < 1.29 is 13.9 Å². The molecule has 2 aromatic heterocycles. The average molecular weight is 389 g/mol. The van der Waals surface area contributed by atoms with Crippen LogP contribution in [-0.4, -0.2) is 33.2 Å². The minimum atomic E-state index is -0.309. The number of carbonyl (C=O) groups is 1. The number of carbonyl (C=O) groups excluding carboxylic acids is 1. The highest BCUT2D eigenvalue weighted by molar-refractivity contribution is 6.06. The van der Waals surface area contributed by atoms with E-state index in [4.69, 9.17) is 9.15 Å². The Labute approximate surface area is 166 Å². The number of fused-ring (bicyclic) bond motifs is 1. The van der Waals surface area contributed by atoms with Crippen molar-refractivity contribution in [3.8, 4) is 17.1 Å². The number of anilines is 1. The molecule has 2 heterocycles. The lowest BCUT2D eigenvalue weighted by molar-refractivity contribution is 0.0998. The molecule has 1 aliphatic carbocycles. The van der Waals surface area contributed by atoms with Gasteiger partial charge in [0.25, 0.3) is 5.91 Å². The number of tetrazole rings is 1. The lowest BCUT2D eigenvalue weighted by Crippen LogP contribution is -2.12. The average Bonchev–Trinajstić information content (AvgIpc) is 3.37. The first-order valence-electron chi connectivity index (χ1n) is 9.41. The second kappa shape index (κ2) is 6.73. The zero-order valence-corrected chi connectivity index (χ0v) is 16.0. The molecule has 1 saturated carbocycles. The normalized spacial score (nSPS) is 13.6. The van der Waals surface area contributed by atoms with Crippen molar-refractivity contribution in [2.75, 3.05) is 12.4 Å². The van der Waals surface area contributed by atoms with Crippen molar-refractivity contribution in [3.63, 3.8) is 0 Å². The van der Waals surface area contributed by atoms with E-state index in [-0.39, 0.29) is 11.7 Å². The van der Waals surface area contributed by atoms with Gasteiger partial charge in [0.1, 0.15) is 11.3 Å². The van der Waals surface area contributed by atoms with Gasteiger partial charge in [0.2, 0.25) is 0 Å². The summed E-state index contributed by atoms with van der Waals surface area (Å²) in [7, 11) is 1.61. The minimum Gasteiger partial charge on any atom is -0.497 e. The number of aryl methyl sites for hydroxylation is 1. The molecule has 1 N–H and O–H groups in total. The zero-order valence-electron chi connectivity index (χ0n) is 16.0. The summed E-state index contributed by atoms with van der Waals surface area (Å²) in [6.45, 7) is 1.86.